The summed E-state index contributed by atoms with van der Waals surface area (Å²) in [6.45, 7) is 0. The van der Waals surface area contributed by atoms with Crippen LogP contribution < -0.4 is 0 Å². The van der Waals surface area contributed by atoms with Gasteiger partial charge in [-0.1, -0.05) is 0 Å². The molecule has 0 bridgehead atoms. The van der Waals surface area contributed by atoms with Gasteiger partial charge in [-0.05, 0) is 0 Å². The summed E-state index contributed by atoms with van der Waals surface area (Å²) in [6, 6.07) is 0. The van der Waals surface area contributed by atoms with Crippen LogP contribution in [-0.4, -0.2) is 20.3 Å². The molecular weight excluding hydrogens is 132 g/mol. The fourth-order valence-corrected chi connectivity index (χ4v) is 0.633. The Morgan fingerprint density at radius 1 is 1.50 bits per heavy atom. The van der Waals surface area contributed by atoms with Crippen molar-refractivity contribution in [2.45, 2.75) is 0 Å². The summed E-state index contributed by atoms with van der Waals surface area (Å²) >= 11 is 0. The second-order valence-electron chi connectivity index (χ2n) is 1.69. The zero-order chi connectivity index (χ0) is 6.81. The van der Waals surface area contributed by atoms with Gasteiger partial charge in [-0.15, -0.1) is 5.10 Å². The third-order valence-corrected chi connectivity index (χ3v) is 1.07. The maximum Gasteiger partial charge on any atom is 0.174 e. The number of aromatic nitrogens is 4. The van der Waals surface area contributed by atoms with Gasteiger partial charge in [0.1, 0.15) is 5.69 Å². The highest BCUT2D eigenvalue weighted by Gasteiger charge is 2.01. The van der Waals surface area contributed by atoms with E-state index in [4.69, 9.17) is 0 Å². The number of nitrogens with zero attached hydrogens (tertiary/aromatic N) is 3. The molecule has 49 valence electrons. The Morgan fingerprint density at radius 2 is 2.50 bits per heavy atom. The second kappa shape index (κ2) is 1.94. The average Bonchev–Trinajstić information content (AvgIpc) is 2.59. The van der Waals surface area contributed by atoms with E-state index in [9.17, 15) is 0 Å². The molecule has 10 heavy (non-hydrogen) atoms. The lowest BCUT2D eigenvalue weighted by molar-refractivity contribution is 0.393. The fraction of sp³-hybridized carbons (Fsp3) is 0. The Labute approximate surface area is 56.1 Å². The molecule has 2 heterocycles. The highest BCUT2D eigenvalue weighted by molar-refractivity contribution is 5.49. The standard InChI is InChI=1S/C5H3N4O/c1-4(7-3-6-1)5-2-10-9-8-5/h1-2H,(H,6,7). The van der Waals surface area contributed by atoms with Gasteiger partial charge in [0.2, 0.25) is 0 Å². The Hall–Kier alpha value is -1.65. The molecule has 0 aromatic carbocycles. The van der Waals surface area contributed by atoms with Gasteiger partial charge in [-0.25, -0.2) is 4.98 Å². The minimum absolute atomic E-state index is 0.609. The predicted molar refractivity (Wildman–Crippen MR) is 30.7 cm³/mol. The van der Waals surface area contributed by atoms with Crippen molar-refractivity contribution >= 4 is 0 Å². The molecule has 2 aromatic heterocycles. The highest BCUT2D eigenvalue weighted by atomic mass is 16.5. The summed E-state index contributed by atoms with van der Waals surface area (Å²) in [7, 11) is 0. The first-order chi connectivity index (χ1) is 4.97. The van der Waals surface area contributed by atoms with E-state index in [0.717, 1.165) is 0 Å². The van der Waals surface area contributed by atoms with Crippen LogP contribution in [0.3, 0.4) is 0 Å². The van der Waals surface area contributed by atoms with E-state index in [-0.39, 0.29) is 0 Å². The molecule has 1 N–H and O–H groups in total. The topological polar surface area (TPSA) is 67.6 Å². The molecule has 0 amide bonds. The van der Waals surface area contributed by atoms with Crippen LogP contribution in [0, 0.1) is 6.33 Å². The van der Waals surface area contributed by atoms with E-state index in [1.54, 1.807) is 6.20 Å². The molecule has 0 saturated heterocycles. The molecule has 1 radical (unpaired) electrons. The zero-order valence-corrected chi connectivity index (χ0v) is 4.90. The molecule has 0 saturated carbocycles. The molecule has 2 rings (SSSR count). The van der Waals surface area contributed by atoms with Crippen LogP contribution >= 0.6 is 0 Å². The van der Waals surface area contributed by atoms with E-state index in [2.05, 4.69) is 31.2 Å². The van der Waals surface area contributed by atoms with Crippen molar-refractivity contribution in [3.8, 4) is 11.4 Å². The second-order valence-corrected chi connectivity index (χ2v) is 1.69. The van der Waals surface area contributed by atoms with E-state index in [1.165, 1.54) is 6.26 Å². The molecular formula is C5H3N4O. The fourth-order valence-electron chi connectivity index (χ4n) is 0.633. The predicted octanol–water partition coefficient (Wildman–Crippen LogP) is 0.260. The van der Waals surface area contributed by atoms with Crippen LogP contribution in [0.25, 0.3) is 11.4 Å². The molecule has 5 nitrogen and oxygen atoms in total. The monoisotopic (exact) mass is 135 g/mol. The quantitative estimate of drug-likeness (QED) is 0.609. The molecule has 0 aliphatic carbocycles. The Bertz CT molecular complexity index is 253. The smallest absolute Gasteiger partial charge is 0.174 e. The number of imidazole rings is 1. The summed E-state index contributed by atoms with van der Waals surface area (Å²) < 4.78 is 4.51. The van der Waals surface area contributed by atoms with E-state index >= 15 is 0 Å². The van der Waals surface area contributed by atoms with Crippen molar-refractivity contribution in [3.63, 3.8) is 0 Å². The number of aromatic amines is 1. The zero-order valence-electron chi connectivity index (χ0n) is 4.90. The van der Waals surface area contributed by atoms with Crippen molar-refractivity contribution in [1.29, 1.82) is 0 Å². The number of rotatable bonds is 1. The molecule has 0 aliphatic rings. The Kier molecular flexibility index (Phi) is 1.00. The van der Waals surface area contributed by atoms with Crippen LogP contribution in [0.2, 0.25) is 0 Å². The lowest BCUT2D eigenvalue weighted by Gasteiger charge is -1.78. The highest BCUT2D eigenvalue weighted by Crippen LogP contribution is 2.09. The van der Waals surface area contributed by atoms with Gasteiger partial charge in [-0.3, -0.25) is 0 Å². The lowest BCUT2D eigenvalue weighted by atomic mass is 10.4. The van der Waals surface area contributed by atoms with Crippen molar-refractivity contribution in [2.24, 2.45) is 0 Å². The van der Waals surface area contributed by atoms with Gasteiger partial charge in [0, 0.05) is 11.5 Å². The first-order valence-electron chi connectivity index (χ1n) is 2.66. The maximum atomic E-state index is 4.51. The van der Waals surface area contributed by atoms with E-state index in [1.807, 2.05) is 0 Å². The minimum atomic E-state index is 0.609. The van der Waals surface area contributed by atoms with Crippen LogP contribution in [0.15, 0.2) is 17.0 Å². The largest absolute Gasteiger partial charge is 0.345 e. The summed E-state index contributed by atoms with van der Waals surface area (Å²) in [6.07, 6.45) is 5.62. The maximum absolute atomic E-state index is 4.51. The van der Waals surface area contributed by atoms with Crippen molar-refractivity contribution in [1.82, 2.24) is 20.3 Å². The molecule has 0 unspecified atom stereocenters. The van der Waals surface area contributed by atoms with Crippen molar-refractivity contribution < 1.29 is 4.52 Å². The van der Waals surface area contributed by atoms with E-state index < -0.39 is 0 Å². The lowest BCUT2D eigenvalue weighted by Crippen LogP contribution is -1.75. The number of H-pyrrole nitrogens is 1. The third-order valence-electron chi connectivity index (χ3n) is 1.07. The van der Waals surface area contributed by atoms with Gasteiger partial charge in [0.25, 0.3) is 0 Å². The number of nitrogens with one attached hydrogen (secondary N) is 1. The Morgan fingerprint density at radius 3 is 3.10 bits per heavy atom. The van der Waals surface area contributed by atoms with Crippen LogP contribution in [-0.2, 0) is 0 Å². The first kappa shape index (κ1) is 5.16. The Balaban J connectivity index is 2.48. The number of hydrogen-bond acceptors (Lipinski definition) is 4. The summed E-state index contributed by atoms with van der Waals surface area (Å²) in [4.78, 5) is 6.49. The molecule has 0 spiro atoms. The van der Waals surface area contributed by atoms with Crippen LogP contribution in [0.4, 0.5) is 0 Å². The molecule has 5 heteroatoms. The van der Waals surface area contributed by atoms with Crippen molar-refractivity contribution in [3.05, 3.63) is 18.8 Å². The molecule has 0 aliphatic heterocycles. The summed E-state index contributed by atoms with van der Waals surface area (Å²) in [5, 5.41) is 6.92. The molecule has 0 fully saturated rings. The van der Waals surface area contributed by atoms with Gasteiger partial charge < -0.3 is 9.51 Å². The minimum Gasteiger partial charge on any atom is -0.345 e. The van der Waals surface area contributed by atoms with Gasteiger partial charge in [0.15, 0.2) is 18.3 Å². The normalized spacial score (nSPS) is 10.0. The third kappa shape index (κ3) is 0.680. The SMILES string of the molecule is [c]1nc(-c2conn2)c[nH]1. The summed E-state index contributed by atoms with van der Waals surface area (Å²) in [5.74, 6) is 0. The van der Waals surface area contributed by atoms with Gasteiger partial charge in [-0.2, -0.15) is 0 Å². The molecule has 0 atom stereocenters. The van der Waals surface area contributed by atoms with Gasteiger partial charge in [0.05, 0.1) is 0 Å². The van der Waals surface area contributed by atoms with Crippen molar-refractivity contribution in [2.75, 3.05) is 0 Å². The van der Waals surface area contributed by atoms with Gasteiger partial charge >= 0.3 is 0 Å². The first-order valence-corrected chi connectivity index (χ1v) is 2.66. The molecule has 2 aromatic rings. The van der Waals surface area contributed by atoms with Crippen LogP contribution in [0.5, 0.6) is 0 Å². The summed E-state index contributed by atoms with van der Waals surface area (Å²) in [5.41, 5.74) is 1.29. The van der Waals surface area contributed by atoms with Crippen LogP contribution in [0.1, 0.15) is 0 Å². The average molecular weight is 135 g/mol. The van der Waals surface area contributed by atoms with E-state index in [0.29, 0.717) is 11.4 Å². The number of hydrogen-bond donors (Lipinski definition) is 1.